The number of rotatable bonds is 12. The van der Waals surface area contributed by atoms with Crippen LogP contribution >= 0.6 is 0 Å². The maximum Gasteiger partial charge on any atom is 0.408 e. The smallest absolute Gasteiger partial charge is 0.408 e. The highest BCUT2D eigenvalue weighted by atomic mass is 16.6. The minimum Gasteiger partial charge on any atom is -0.480 e. The molecule has 0 aliphatic carbocycles. The van der Waals surface area contributed by atoms with Crippen molar-refractivity contribution in [2.24, 2.45) is 0 Å². The van der Waals surface area contributed by atoms with E-state index < -0.39 is 17.7 Å². The van der Waals surface area contributed by atoms with E-state index in [1.54, 1.807) is 13.3 Å². The molecule has 2 N–H and O–H groups in total. The average Bonchev–Trinajstić information content (AvgIpc) is 3.44. The van der Waals surface area contributed by atoms with E-state index in [4.69, 9.17) is 14.2 Å². The Balaban J connectivity index is 1.45. The SMILES string of the molecule is COc1nc2ccccc2cc1-c1cnc([C@H](CCCCCC(=O)OC(C)(C)C)NC(=O)OCc2ccccc2)[nH]1. The van der Waals surface area contributed by atoms with E-state index in [0.29, 0.717) is 31.0 Å². The molecule has 0 aliphatic heterocycles. The quantitative estimate of drug-likeness (QED) is 0.144. The number of benzene rings is 2. The van der Waals surface area contributed by atoms with Gasteiger partial charge in [-0.25, -0.2) is 14.8 Å². The van der Waals surface area contributed by atoms with Crippen LogP contribution in [-0.2, 0) is 20.9 Å². The van der Waals surface area contributed by atoms with Gasteiger partial charge in [0.05, 0.1) is 36.1 Å². The van der Waals surface area contributed by atoms with Gasteiger partial charge < -0.3 is 24.5 Å². The fourth-order valence-electron chi connectivity index (χ4n) is 4.47. The first-order chi connectivity index (χ1) is 19.7. The van der Waals surface area contributed by atoms with Crippen LogP contribution in [0.4, 0.5) is 4.79 Å². The second kappa shape index (κ2) is 13.8. The van der Waals surface area contributed by atoms with Gasteiger partial charge in [0, 0.05) is 11.8 Å². The van der Waals surface area contributed by atoms with Crippen molar-refractivity contribution in [3.63, 3.8) is 0 Å². The molecule has 0 saturated heterocycles. The summed E-state index contributed by atoms with van der Waals surface area (Å²) < 4.78 is 16.4. The van der Waals surface area contributed by atoms with E-state index in [1.807, 2.05) is 81.4 Å². The molecule has 2 aromatic heterocycles. The summed E-state index contributed by atoms with van der Waals surface area (Å²) in [6.45, 7) is 5.75. The molecule has 4 aromatic rings. The third kappa shape index (κ3) is 8.79. The van der Waals surface area contributed by atoms with Crippen LogP contribution < -0.4 is 10.1 Å². The number of H-pyrrole nitrogens is 1. The molecule has 2 heterocycles. The number of imidazole rings is 1. The maximum absolute atomic E-state index is 12.8. The zero-order valence-corrected chi connectivity index (χ0v) is 24.1. The highest BCUT2D eigenvalue weighted by Crippen LogP contribution is 2.31. The second-order valence-electron chi connectivity index (χ2n) is 10.9. The molecule has 2 aromatic carbocycles. The largest absolute Gasteiger partial charge is 0.480 e. The Morgan fingerprint density at radius 2 is 1.76 bits per heavy atom. The van der Waals surface area contributed by atoms with Crippen molar-refractivity contribution in [1.82, 2.24) is 20.3 Å². The normalized spacial score (nSPS) is 12.1. The lowest BCUT2D eigenvalue weighted by Crippen LogP contribution is -2.30. The van der Waals surface area contributed by atoms with Gasteiger partial charge in [-0.2, -0.15) is 0 Å². The van der Waals surface area contributed by atoms with Crippen LogP contribution in [0.3, 0.4) is 0 Å². The lowest BCUT2D eigenvalue weighted by Gasteiger charge is -2.19. The predicted molar refractivity (Wildman–Crippen MR) is 157 cm³/mol. The number of methoxy groups -OCH3 is 1. The van der Waals surface area contributed by atoms with Gasteiger partial charge in [-0.05, 0) is 51.3 Å². The molecule has 0 spiro atoms. The average molecular weight is 559 g/mol. The third-order valence-corrected chi connectivity index (χ3v) is 6.40. The summed E-state index contributed by atoms with van der Waals surface area (Å²) in [4.78, 5) is 37.4. The number of fused-ring (bicyclic) bond motifs is 1. The van der Waals surface area contributed by atoms with E-state index in [-0.39, 0.29) is 12.6 Å². The fraction of sp³-hybridized carbons (Fsp3) is 0.375. The number of hydrogen-bond donors (Lipinski definition) is 2. The molecule has 1 atom stereocenters. The maximum atomic E-state index is 12.8. The molecular weight excluding hydrogens is 520 g/mol. The lowest BCUT2D eigenvalue weighted by molar-refractivity contribution is -0.154. The topological polar surface area (TPSA) is 115 Å². The van der Waals surface area contributed by atoms with Gasteiger partial charge >= 0.3 is 12.1 Å². The molecule has 216 valence electrons. The minimum absolute atomic E-state index is 0.165. The van der Waals surface area contributed by atoms with Crippen LogP contribution in [0.2, 0.25) is 0 Å². The number of nitrogens with one attached hydrogen (secondary N) is 2. The summed E-state index contributed by atoms with van der Waals surface area (Å²) in [5.41, 5.74) is 2.74. The van der Waals surface area contributed by atoms with E-state index in [2.05, 4.69) is 20.3 Å². The van der Waals surface area contributed by atoms with Crippen molar-refractivity contribution in [1.29, 1.82) is 0 Å². The molecule has 0 radical (unpaired) electrons. The number of carbonyl (C=O) groups is 2. The number of hydrogen-bond acceptors (Lipinski definition) is 7. The number of alkyl carbamates (subject to hydrolysis) is 1. The number of carbonyl (C=O) groups excluding carboxylic acids is 2. The van der Waals surface area contributed by atoms with E-state index in [0.717, 1.165) is 40.6 Å². The van der Waals surface area contributed by atoms with Gasteiger partial charge in [-0.3, -0.25) is 4.79 Å². The van der Waals surface area contributed by atoms with E-state index in [1.165, 1.54) is 0 Å². The first kappa shape index (κ1) is 29.6. The lowest BCUT2D eigenvalue weighted by atomic mass is 10.1. The predicted octanol–water partition coefficient (Wildman–Crippen LogP) is 6.89. The number of aromatic amines is 1. The van der Waals surface area contributed by atoms with E-state index in [9.17, 15) is 9.59 Å². The van der Waals surface area contributed by atoms with Gasteiger partial charge in [-0.1, -0.05) is 61.4 Å². The third-order valence-electron chi connectivity index (χ3n) is 6.40. The summed E-state index contributed by atoms with van der Waals surface area (Å²) in [5, 5.41) is 3.94. The van der Waals surface area contributed by atoms with Gasteiger partial charge in [0.15, 0.2) is 0 Å². The van der Waals surface area contributed by atoms with E-state index >= 15 is 0 Å². The van der Waals surface area contributed by atoms with Crippen molar-refractivity contribution in [3.8, 4) is 17.1 Å². The molecule has 41 heavy (non-hydrogen) atoms. The van der Waals surface area contributed by atoms with Crippen molar-refractivity contribution in [2.75, 3.05) is 7.11 Å². The Bertz CT molecular complexity index is 1450. The molecule has 0 fully saturated rings. The molecule has 9 heteroatoms. The summed E-state index contributed by atoms with van der Waals surface area (Å²) >= 11 is 0. The Morgan fingerprint density at radius 3 is 2.51 bits per heavy atom. The monoisotopic (exact) mass is 558 g/mol. The van der Waals surface area contributed by atoms with Gasteiger partial charge in [0.2, 0.25) is 5.88 Å². The number of esters is 1. The highest BCUT2D eigenvalue weighted by Gasteiger charge is 2.21. The van der Waals surface area contributed by atoms with Crippen LogP contribution in [0.1, 0.15) is 70.3 Å². The van der Waals surface area contributed by atoms with Crippen LogP contribution in [0, 0.1) is 0 Å². The first-order valence-electron chi connectivity index (χ1n) is 13.9. The molecule has 1 amide bonds. The molecular formula is C32H38N4O5. The number of ether oxygens (including phenoxy) is 3. The molecule has 4 rings (SSSR count). The van der Waals surface area contributed by atoms with Crippen molar-refractivity contribution in [3.05, 3.63) is 78.2 Å². The number of amides is 1. The highest BCUT2D eigenvalue weighted by molar-refractivity contribution is 5.85. The number of nitrogens with zero attached hydrogens (tertiary/aromatic N) is 2. The van der Waals surface area contributed by atoms with Gasteiger partial charge in [-0.15, -0.1) is 0 Å². The molecule has 0 bridgehead atoms. The number of para-hydroxylation sites is 1. The first-order valence-corrected chi connectivity index (χ1v) is 13.9. The Labute approximate surface area is 240 Å². The van der Waals surface area contributed by atoms with Crippen LogP contribution in [0.15, 0.2) is 66.9 Å². The van der Waals surface area contributed by atoms with Gasteiger partial charge in [0.1, 0.15) is 18.0 Å². The van der Waals surface area contributed by atoms with Crippen molar-refractivity contribution < 1.29 is 23.8 Å². The molecule has 0 aliphatic rings. The summed E-state index contributed by atoms with van der Waals surface area (Å²) in [6, 6.07) is 18.9. The summed E-state index contributed by atoms with van der Waals surface area (Å²) in [5.74, 6) is 0.872. The second-order valence-corrected chi connectivity index (χ2v) is 10.9. The number of aromatic nitrogens is 3. The van der Waals surface area contributed by atoms with Crippen molar-refractivity contribution >= 4 is 23.0 Å². The molecule has 9 nitrogen and oxygen atoms in total. The zero-order chi connectivity index (χ0) is 29.2. The van der Waals surface area contributed by atoms with Gasteiger partial charge in [0.25, 0.3) is 0 Å². The Morgan fingerprint density at radius 1 is 1.00 bits per heavy atom. The summed E-state index contributed by atoms with van der Waals surface area (Å²) in [7, 11) is 1.59. The molecule has 0 unspecified atom stereocenters. The number of pyridine rings is 1. The minimum atomic E-state index is -0.532. The Kier molecular flexibility index (Phi) is 9.95. The van der Waals surface area contributed by atoms with Crippen LogP contribution in [0.5, 0.6) is 5.88 Å². The zero-order valence-electron chi connectivity index (χ0n) is 24.1. The standard InChI is InChI=1S/C32H38N4O5/c1-32(2,3)41-28(37)18-10-6-9-17-26(36-31(38)40-21-22-13-7-5-8-14-22)29-33-20-27(34-29)24-19-23-15-11-12-16-25(23)35-30(24)39-4/h5,7-8,11-16,19-20,26H,6,9-10,17-18,21H2,1-4H3,(H,33,34)(H,36,38)/t26-/m0/s1. The van der Waals surface area contributed by atoms with Crippen LogP contribution in [0.25, 0.3) is 22.2 Å². The van der Waals surface area contributed by atoms with Crippen LogP contribution in [-0.4, -0.2) is 39.7 Å². The summed E-state index contributed by atoms with van der Waals surface area (Å²) in [6.07, 6.45) is 4.41. The van der Waals surface area contributed by atoms with Crippen molar-refractivity contribution in [2.45, 2.75) is 71.1 Å². The molecule has 0 saturated carbocycles. The Hall–Kier alpha value is -4.40. The fourth-order valence-corrected chi connectivity index (χ4v) is 4.47. The number of unbranched alkanes of at least 4 members (excludes halogenated alkanes) is 2.